The van der Waals surface area contributed by atoms with E-state index >= 15 is 0 Å². The van der Waals surface area contributed by atoms with Gasteiger partial charge in [0.15, 0.2) is 16.9 Å². The second kappa shape index (κ2) is 9.57. The Morgan fingerprint density at radius 1 is 1.16 bits per heavy atom. The fraction of sp³-hybridized carbons (Fsp3) is 0.364. The summed E-state index contributed by atoms with van der Waals surface area (Å²) in [6.45, 7) is 4.67. The summed E-state index contributed by atoms with van der Waals surface area (Å²) in [5.41, 5.74) is 6.26. The van der Waals surface area contributed by atoms with Crippen LogP contribution in [0.3, 0.4) is 0 Å². The van der Waals surface area contributed by atoms with Crippen molar-refractivity contribution in [2.75, 3.05) is 13.2 Å². The molecule has 2 N–H and O–H groups in total. The van der Waals surface area contributed by atoms with Gasteiger partial charge in [-0.3, -0.25) is 23.3 Å². The predicted octanol–water partition coefficient (Wildman–Crippen LogP) is 1.47. The Kier molecular flexibility index (Phi) is 6.86. The Labute approximate surface area is 179 Å². The molecule has 0 saturated carbocycles. The summed E-state index contributed by atoms with van der Waals surface area (Å²) in [5, 5.41) is 0. The molecule has 0 fully saturated rings. The van der Waals surface area contributed by atoms with Gasteiger partial charge in [-0.1, -0.05) is 42.0 Å². The van der Waals surface area contributed by atoms with E-state index in [2.05, 4.69) is 4.98 Å². The summed E-state index contributed by atoms with van der Waals surface area (Å²) in [7, 11) is 1.52. The van der Waals surface area contributed by atoms with Gasteiger partial charge in [0.1, 0.15) is 0 Å². The number of ether oxygens (including phenoxy) is 1. The van der Waals surface area contributed by atoms with E-state index in [9.17, 15) is 14.4 Å². The number of hydrogen-bond acceptors (Lipinski definition) is 6. The second-order valence-electron chi connectivity index (χ2n) is 7.47. The average Bonchev–Trinajstić information content (AvgIpc) is 3.13. The van der Waals surface area contributed by atoms with Crippen LogP contribution in [0.15, 0.2) is 51.6 Å². The number of nitrogens with two attached hydrogens (primary N) is 1. The van der Waals surface area contributed by atoms with Crippen LogP contribution in [0.5, 0.6) is 6.01 Å². The number of imidazole rings is 1. The molecule has 0 radical (unpaired) electrons. The highest BCUT2D eigenvalue weighted by atomic mass is 16.5. The van der Waals surface area contributed by atoms with Crippen molar-refractivity contribution in [2.24, 2.45) is 12.8 Å². The van der Waals surface area contributed by atoms with Crippen molar-refractivity contribution in [3.63, 3.8) is 0 Å². The van der Waals surface area contributed by atoms with Gasteiger partial charge in [-0.15, -0.1) is 0 Å². The van der Waals surface area contributed by atoms with Crippen molar-refractivity contribution >= 4 is 16.9 Å². The number of rotatable bonds is 9. The number of Topliss-reactive ketones (excluding diaryl/α,β-unsaturated/α-hetero) is 1. The summed E-state index contributed by atoms with van der Waals surface area (Å²) in [6, 6.07) is 8.80. The van der Waals surface area contributed by atoms with E-state index in [1.807, 2.05) is 19.9 Å². The lowest BCUT2D eigenvalue weighted by molar-refractivity contribution is 0.0969. The van der Waals surface area contributed by atoms with Gasteiger partial charge in [0.25, 0.3) is 11.6 Å². The Hall–Kier alpha value is -3.46. The maximum atomic E-state index is 13.3. The number of ketones is 1. The number of allylic oxidation sites excluding steroid dienone is 2. The van der Waals surface area contributed by atoms with Gasteiger partial charge in [-0.05, 0) is 26.8 Å². The third-order valence-corrected chi connectivity index (χ3v) is 4.86. The Bertz CT molecular complexity index is 1230. The molecule has 0 aliphatic carbocycles. The van der Waals surface area contributed by atoms with Gasteiger partial charge in [0.05, 0.1) is 13.2 Å². The first-order valence-corrected chi connectivity index (χ1v) is 10.1. The van der Waals surface area contributed by atoms with Crippen LogP contribution in [0.2, 0.25) is 0 Å². The van der Waals surface area contributed by atoms with Gasteiger partial charge in [-0.25, -0.2) is 4.79 Å². The molecule has 0 amide bonds. The van der Waals surface area contributed by atoms with Crippen LogP contribution >= 0.6 is 0 Å². The molecular formula is C22H27N5O4. The zero-order valence-electron chi connectivity index (χ0n) is 18.0. The number of carbonyl (C=O) groups is 1. The highest BCUT2D eigenvalue weighted by Gasteiger charge is 2.22. The van der Waals surface area contributed by atoms with Gasteiger partial charge < -0.3 is 10.5 Å². The van der Waals surface area contributed by atoms with Crippen LogP contribution in [-0.2, 0) is 20.1 Å². The standard InChI is InChI=1S/C22H27N5O4/c1-15(2)10-12-26-18-19(24-21(26)31-13-7-11-23)25(3)22(30)27(20(18)29)14-17(28)16-8-5-4-6-9-16/h4-6,8-10H,7,11-14,23H2,1-3H3. The molecular weight excluding hydrogens is 398 g/mol. The molecule has 9 heteroatoms. The molecule has 0 aliphatic heterocycles. The van der Waals surface area contributed by atoms with Crippen LogP contribution in [-0.4, -0.2) is 37.6 Å². The van der Waals surface area contributed by atoms with Crippen molar-refractivity contribution in [3.05, 3.63) is 68.4 Å². The van der Waals surface area contributed by atoms with Gasteiger partial charge >= 0.3 is 5.69 Å². The minimum absolute atomic E-state index is 0.211. The molecule has 3 rings (SSSR count). The van der Waals surface area contributed by atoms with Crippen LogP contribution in [0.25, 0.3) is 11.2 Å². The normalized spacial score (nSPS) is 11.0. The lowest BCUT2D eigenvalue weighted by atomic mass is 10.1. The number of aryl methyl sites for hydroxylation is 1. The highest BCUT2D eigenvalue weighted by molar-refractivity contribution is 5.95. The maximum Gasteiger partial charge on any atom is 0.332 e. The largest absolute Gasteiger partial charge is 0.465 e. The third kappa shape index (κ3) is 4.66. The topological polar surface area (TPSA) is 114 Å². The number of nitrogens with zero attached hydrogens (tertiary/aromatic N) is 4. The number of carbonyl (C=O) groups excluding carboxylic acids is 1. The van der Waals surface area contributed by atoms with Gasteiger partial charge in [0, 0.05) is 19.2 Å². The van der Waals surface area contributed by atoms with Crippen LogP contribution in [0, 0.1) is 0 Å². The van der Waals surface area contributed by atoms with E-state index in [-0.39, 0.29) is 29.5 Å². The molecule has 0 aliphatic rings. The first-order chi connectivity index (χ1) is 14.8. The Morgan fingerprint density at radius 2 is 1.87 bits per heavy atom. The van der Waals surface area contributed by atoms with Crippen molar-refractivity contribution < 1.29 is 9.53 Å². The van der Waals surface area contributed by atoms with Crippen molar-refractivity contribution in [1.82, 2.24) is 18.7 Å². The Morgan fingerprint density at radius 3 is 2.52 bits per heavy atom. The zero-order chi connectivity index (χ0) is 22.5. The van der Waals surface area contributed by atoms with Gasteiger partial charge in [0.2, 0.25) is 0 Å². The van der Waals surface area contributed by atoms with Crippen molar-refractivity contribution in [1.29, 1.82) is 0 Å². The minimum atomic E-state index is -0.609. The number of hydrogen-bond donors (Lipinski definition) is 1. The highest BCUT2D eigenvalue weighted by Crippen LogP contribution is 2.18. The summed E-state index contributed by atoms with van der Waals surface area (Å²) in [4.78, 5) is 43.3. The molecule has 9 nitrogen and oxygen atoms in total. The van der Waals surface area contributed by atoms with Crippen molar-refractivity contribution in [2.45, 2.75) is 33.4 Å². The molecule has 2 heterocycles. The summed E-state index contributed by atoms with van der Waals surface area (Å²) < 4.78 is 9.59. The molecule has 3 aromatic rings. The molecule has 0 spiro atoms. The van der Waals surface area contributed by atoms with E-state index in [0.717, 1.165) is 10.1 Å². The SMILES string of the molecule is CC(C)=CCn1c(OCCCN)nc2c1c(=O)n(CC(=O)c1ccccc1)c(=O)n2C. The van der Waals surface area contributed by atoms with E-state index < -0.39 is 11.2 Å². The molecule has 0 saturated heterocycles. The Balaban J connectivity index is 2.15. The quantitative estimate of drug-likeness (QED) is 0.315. The predicted molar refractivity (Wildman–Crippen MR) is 119 cm³/mol. The van der Waals surface area contributed by atoms with Crippen molar-refractivity contribution in [3.8, 4) is 6.01 Å². The van der Waals surface area contributed by atoms with Crippen LogP contribution in [0.4, 0.5) is 0 Å². The monoisotopic (exact) mass is 425 g/mol. The average molecular weight is 425 g/mol. The van der Waals surface area contributed by atoms with Gasteiger partial charge in [-0.2, -0.15) is 4.98 Å². The third-order valence-electron chi connectivity index (χ3n) is 4.86. The minimum Gasteiger partial charge on any atom is -0.465 e. The molecule has 31 heavy (non-hydrogen) atoms. The number of fused-ring (bicyclic) bond motifs is 1. The molecule has 1 aromatic carbocycles. The summed E-state index contributed by atoms with van der Waals surface area (Å²) in [5.74, 6) is -0.325. The molecule has 0 atom stereocenters. The fourth-order valence-corrected chi connectivity index (χ4v) is 3.15. The first-order valence-electron chi connectivity index (χ1n) is 10.1. The second-order valence-corrected chi connectivity index (χ2v) is 7.47. The summed E-state index contributed by atoms with van der Waals surface area (Å²) >= 11 is 0. The van der Waals surface area contributed by atoms with Crippen LogP contribution < -0.4 is 21.7 Å². The van der Waals surface area contributed by atoms with E-state index in [0.29, 0.717) is 31.7 Å². The maximum absolute atomic E-state index is 13.3. The molecule has 164 valence electrons. The lowest BCUT2D eigenvalue weighted by Gasteiger charge is -2.10. The molecule has 0 bridgehead atoms. The molecule has 0 unspecified atom stereocenters. The van der Waals surface area contributed by atoms with E-state index in [1.54, 1.807) is 34.9 Å². The van der Waals surface area contributed by atoms with E-state index in [1.165, 1.54) is 11.6 Å². The zero-order valence-corrected chi connectivity index (χ0v) is 18.0. The summed E-state index contributed by atoms with van der Waals surface area (Å²) in [6.07, 6.45) is 2.56. The fourth-order valence-electron chi connectivity index (χ4n) is 3.15. The smallest absolute Gasteiger partial charge is 0.332 e. The lowest BCUT2D eigenvalue weighted by Crippen LogP contribution is -2.41. The first kappa shape index (κ1) is 22.2. The van der Waals surface area contributed by atoms with Crippen LogP contribution in [0.1, 0.15) is 30.6 Å². The molecule has 2 aromatic heterocycles. The number of benzene rings is 1. The van der Waals surface area contributed by atoms with E-state index in [4.69, 9.17) is 10.5 Å². The number of aromatic nitrogens is 4.